The maximum Gasteiger partial charge on any atom is 0.306 e. The maximum atomic E-state index is 12.9. The molecule has 0 aromatic heterocycles. The highest BCUT2D eigenvalue weighted by atomic mass is 16.6. The number of carbonyl (C=O) groups excluding carboxylic acids is 3. The molecule has 0 bridgehead atoms. The molecular formula is C61H110O6. The number of hydrogen-bond acceptors (Lipinski definition) is 6. The van der Waals surface area contributed by atoms with Gasteiger partial charge in [-0.2, -0.15) is 0 Å². The van der Waals surface area contributed by atoms with E-state index in [2.05, 4.69) is 69.4 Å². The molecule has 6 heteroatoms. The van der Waals surface area contributed by atoms with Crippen LogP contribution in [0.1, 0.15) is 303 Å². The lowest BCUT2D eigenvalue weighted by molar-refractivity contribution is -0.167. The summed E-state index contributed by atoms with van der Waals surface area (Å²) in [6, 6.07) is 0. The second-order valence-electron chi connectivity index (χ2n) is 19.6. The van der Waals surface area contributed by atoms with Gasteiger partial charge in [-0.15, -0.1) is 0 Å². The summed E-state index contributed by atoms with van der Waals surface area (Å²) in [6.45, 7) is 6.62. The van der Waals surface area contributed by atoms with Crippen molar-refractivity contribution in [1.82, 2.24) is 0 Å². The summed E-state index contributed by atoms with van der Waals surface area (Å²) in [5.74, 6) is -0.896. The minimum absolute atomic E-state index is 0.0807. The molecule has 0 heterocycles. The molecular weight excluding hydrogens is 829 g/mol. The van der Waals surface area contributed by atoms with Gasteiger partial charge in [0.25, 0.3) is 0 Å². The fourth-order valence-electron chi connectivity index (χ4n) is 8.39. The van der Waals surface area contributed by atoms with E-state index >= 15 is 0 Å². The highest BCUT2D eigenvalue weighted by Gasteiger charge is 2.19. The van der Waals surface area contributed by atoms with Crippen LogP contribution >= 0.6 is 0 Å². The standard InChI is InChI=1S/C61H110O6/c1-4-7-10-13-16-19-22-25-28-31-34-36-39-42-45-48-51-54-60(63)66-57-58(67-61(64)55-52-49-46-43-40-37-33-30-27-24-21-18-15-12-9-6-3)56-65-59(62)53-50-47-44-41-38-35-32-29-26-23-20-17-14-11-8-5-2/h16,19,25,28,30,33-34,36,58H,4-15,17-18,20-24,26-27,29,31-32,35,37-57H2,1-3H3/b19-16-,28-25-,33-30-,36-34-/t58-/m1/s1. The van der Waals surface area contributed by atoms with Crippen molar-refractivity contribution >= 4 is 17.9 Å². The SMILES string of the molecule is CCCCC/C=C\C/C=C\C/C=C\CCCCCCC(=O)OC[C@@H](COC(=O)CCCCCCCCCCCCCCCCCC)OC(=O)CCCCCCC/C=C\CCCCCCCCC. The van der Waals surface area contributed by atoms with E-state index in [-0.39, 0.29) is 31.1 Å². The van der Waals surface area contributed by atoms with E-state index < -0.39 is 6.10 Å². The molecule has 0 unspecified atom stereocenters. The van der Waals surface area contributed by atoms with Crippen LogP contribution in [0.5, 0.6) is 0 Å². The second kappa shape index (κ2) is 56.0. The smallest absolute Gasteiger partial charge is 0.306 e. The molecule has 0 aromatic rings. The number of allylic oxidation sites excluding steroid dienone is 8. The Morgan fingerprint density at radius 1 is 0.299 bits per heavy atom. The van der Waals surface area contributed by atoms with E-state index in [0.29, 0.717) is 19.3 Å². The van der Waals surface area contributed by atoms with Crippen molar-refractivity contribution in [2.45, 2.75) is 309 Å². The molecule has 0 saturated heterocycles. The zero-order chi connectivity index (χ0) is 48.6. The molecule has 0 aliphatic heterocycles. The molecule has 6 nitrogen and oxygen atoms in total. The first-order valence-electron chi connectivity index (χ1n) is 29.1. The van der Waals surface area contributed by atoms with Crippen LogP contribution in [0.4, 0.5) is 0 Å². The number of rotatable bonds is 53. The van der Waals surface area contributed by atoms with Crippen molar-refractivity contribution in [3.8, 4) is 0 Å². The third kappa shape index (κ3) is 54.2. The van der Waals surface area contributed by atoms with Gasteiger partial charge in [-0.3, -0.25) is 14.4 Å². The molecule has 0 aliphatic carbocycles. The Morgan fingerprint density at radius 2 is 0.537 bits per heavy atom. The zero-order valence-corrected chi connectivity index (χ0v) is 44.7. The predicted molar refractivity (Wildman–Crippen MR) is 289 cm³/mol. The molecule has 0 spiro atoms. The Bertz CT molecular complexity index is 1170. The van der Waals surface area contributed by atoms with Gasteiger partial charge in [-0.25, -0.2) is 0 Å². The Hall–Kier alpha value is -2.63. The van der Waals surface area contributed by atoms with E-state index in [9.17, 15) is 14.4 Å². The fraction of sp³-hybridized carbons (Fsp3) is 0.820. The van der Waals surface area contributed by atoms with Gasteiger partial charge in [-0.1, -0.05) is 249 Å². The number of carbonyl (C=O) groups is 3. The van der Waals surface area contributed by atoms with Crippen LogP contribution in [-0.2, 0) is 28.6 Å². The molecule has 0 fully saturated rings. The first kappa shape index (κ1) is 64.4. The van der Waals surface area contributed by atoms with Crippen molar-refractivity contribution in [3.05, 3.63) is 48.6 Å². The summed E-state index contributed by atoms with van der Waals surface area (Å²) < 4.78 is 16.9. The number of esters is 3. The van der Waals surface area contributed by atoms with Gasteiger partial charge in [-0.05, 0) is 83.5 Å². The van der Waals surface area contributed by atoms with Crippen LogP contribution < -0.4 is 0 Å². The molecule has 1 atom stereocenters. The van der Waals surface area contributed by atoms with Crippen molar-refractivity contribution in [2.75, 3.05) is 13.2 Å². The minimum Gasteiger partial charge on any atom is -0.462 e. The van der Waals surface area contributed by atoms with E-state index in [1.807, 2.05) is 0 Å². The summed E-state index contributed by atoms with van der Waals surface area (Å²) in [4.78, 5) is 38.2. The van der Waals surface area contributed by atoms with Gasteiger partial charge < -0.3 is 14.2 Å². The second-order valence-corrected chi connectivity index (χ2v) is 19.6. The summed E-state index contributed by atoms with van der Waals surface area (Å²) in [7, 11) is 0. The Balaban J connectivity index is 4.40. The zero-order valence-electron chi connectivity index (χ0n) is 44.7. The summed E-state index contributed by atoms with van der Waals surface area (Å²) in [5, 5.41) is 0. The average Bonchev–Trinajstić information content (AvgIpc) is 3.33. The fourth-order valence-corrected chi connectivity index (χ4v) is 8.39. The number of unbranched alkanes of at least 4 members (excludes halogenated alkanes) is 34. The molecule has 0 radical (unpaired) electrons. The maximum absolute atomic E-state index is 12.9. The van der Waals surface area contributed by atoms with Crippen molar-refractivity contribution in [3.63, 3.8) is 0 Å². The molecule has 0 rings (SSSR count). The normalized spacial score (nSPS) is 12.3. The highest BCUT2D eigenvalue weighted by molar-refractivity contribution is 5.71. The van der Waals surface area contributed by atoms with E-state index in [1.165, 1.54) is 167 Å². The molecule has 0 aromatic carbocycles. The van der Waals surface area contributed by atoms with E-state index in [1.54, 1.807) is 0 Å². The Kier molecular flexibility index (Phi) is 53.8. The van der Waals surface area contributed by atoms with Gasteiger partial charge in [0.2, 0.25) is 0 Å². The number of hydrogen-bond donors (Lipinski definition) is 0. The Morgan fingerprint density at radius 3 is 0.881 bits per heavy atom. The van der Waals surface area contributed by atoms with Crippen LogP contribution in [0.15, 0.2) is 48.6 Å². The van der Waals surface area contributed by atoms with Crippen LogP contribution in [0.2, 0.25) is 0 Å². The van der Waals surface area contributed by atoms with Gasteiger partial charge >= 0.3 is 17.9 Å². The van der Waals surface area contributed by atoms with Crippen LogP contribution in [0.3, 0.4) is 0 Å². The molecule has 0 aliphatic rings. The first-order valence-corrected chi connectivity index (χ1v) is 29.1. The van der Waals surface area contributed by atoms with Crippen molar-refractivity contribution in [1.29, 1.82) is 0 Å². The van der Waals surface area contributed by atoms with E-state index in [4.69, 9.17) is 14.2 Å². The topological polar surface area (TPSA) is 78.9 Å². The van der Waals surface area contributed by atoms with Gasteiger partial charge in [0.1, 0.15) is 13.2 Å². The van der Waals surface area contributed by atoms with Gasteiger partial charge in [0.15, 0.2) is 6.10 Å². The van der Waals surface area contributed by atoms with Gasteiger partial charge in [0, 0.05) is 19.3 Å². The van der Waals surface area contributed by atoms with Crippen LogP contribution in [-0.4, -0.2) is 37.2 Å². The van der Waals surface area contributed by atoms with E-state index in [0.717, 1.165) is 96.3 Å². The summed E-state index contributed by atoms with van der Waals surface area (Å²) in [6.07, 6.45) is 68.1. The number of ether oxygens (including phenoxy) is 3. The lowest BCUT2D eigenvalue weighted by Gasteiger charge is -2.18. The monoisotopic (exact) mass is 939 g/mol. The largest absolute Gasteiger partial charge is 0.462 e. The first-order chi connectivity index (χ1) is 33.0. The van der Waals surface area contributed by atoms with Crippen LogP contribution in [0, 0.1) is 0 Å². The molecule has 0 saturated carbocycles. The molecule has 0 N–H and O–H groups in total. The van der Waals surface area contributed by atoms with Crippen molar-refractivity contribution in [2.24, 2.45) is 0 Å². The summed E-state index contributed by atoms with van der Waals surface area (Å²) in [5.41, 5.74) is 0. The third-order valence-electron chi connectivity index (χ3n) is 12.8. The van der Waals surface area contributed by atoms with Crippen LogP contribution in [0.25, 0.3) is 0 Å². The quantitative estimate of drug-likeness (QED) is 0.0262. The van der Waals surface area contributed by atoms with Gasteiger partial charge in [0.05, 0.1) is 0 Å². The lowest BCUT2D eigenvalue weighted by Crippen LogP contribution is -2.30. The minimum atomic E-state index is -0.785. The molecule has 0 amide bonds. The lowest BCUT2D eigenvalue weighted by atomic mass is 10.0. The highest BCUT2D eigenvalue weighted by Crippen LogP contribution is 2.16. The predicted octanol–water partition coefficient (Wildman–Crippen LogP) is 19.4. The molecule has 67 heavy (non-hydrogen) atoms. The summed E-state index contributed by atoms with van der Waals surface area (Å²) >= 11 is 0. The Labute approximate surface area is 416 Å². The van der Waals surface area contributed by atoms with Crippen molar-refractivity contribution < 1.29 is 28.6 Å². The third-order valence-corrected chi connectivity index (χ3v) is 12.8. The average molecular weight is 940 g/mol. The molecule has 390 valence electrons.